The number of likely N-dealkylation sites (tertiary alicyclic amines) is 1. The fourth-order valence-electron chi connectivity index (χ4n) is 1.78. The zero-order valence-corrected chi connectivity index (χ0v) is 9.01. The molecule has 6 heteroatoms. The molecule has 3 nitrogen and oxygen atoms in total. The Kier molecular flexibility index (Phi) is 2.61. The highest BCUT2D eigenvalue weighted by Crippen LogP contribution is 2.23. The molecule has 1 aromatic carbocycles. The molecule has 92 valence electrons. The number of aliphatic hydroxyl groups is 1. The summed E-state index contributed by atoms with van der Waals surface area (Å²) in [5.74, 6) is -5.03. The maximum atomic E-state index is 12.9. The number of benzene rings is 1. The van der Waals surface area contributed by atoms with Crippen molar-refractivity contribution in [1.82, 2.24) is 4.90 Å². The lowest BCUT2D eigenvalue weighted by atomic mass is 9.96. The molecule has 0 bridgehead atoms. The Morgan fingerprint density at radius 3 is 2.18 bits per heavy atom. The minimum Gasteiger partial charge on any atom is -0.386 e. The standard InChI is InChI=1S/C11H10F3NO2/c1-11(17)4-15(5-11)10(16)6-2-7(12)9(14)8(13)3-6/h2-3,17H,4-5H2,1H3. The van der Waals surface area contributed by atoms with Gasteiger partial charge in [0, 0.05) is 5.56 Å². The number of nitrogens with zero attached hydrogens (tertiary/aromatic N) is 1. The monoisotopic (exact) mass is 245 g/mol. The van der Waals surface area contributed by atoms with Crippen molar-refractivity contribution in [3.63, 3.8) is 0 Å². The fraction of sp³-hybridized carbons (Fsp3) is 0.364. The molecule has 1 saturated heterocycles. The van der Waals surface area contributed by atoms with E-state index < -0.39 is 29.0 Å². The Morgan fingerprint density at radius 1 is 1.29 bits per heavy atom. The smallest absolute Gasteiger partial charge is 0.254 e. The predicted molar refractivity (Wildman–Crippen MR) is 52.8 cm³/mol. The van der Waals surface area contributed by atoms with E-state index >= 15 is 0 Å². The summed E-state index contributed by atoms with van der Waals surface area (Å²) in [5.41, 5.74) is -1.23. The first-order valence-electron chi connectivity index (χ1n) is 4.96. The molecule has 0 radical (unpaired) electrons. The topological polar surface area (TPSA) is 40.5 Å². The Labute approximate surface area is 95.5 Å². The fourth-order valence-corrected chi connectivity index (χ4v) is 1.78. The first kappa shape index (κ1) is 11.9. The lowest BCUT2D eigenvalue weighted by Crippen LogP contribution is -2.61. The first-order chi connectivity index (χ1) is 7.80. The molecule has 0 atom stereocenters. The van der Waals surface area contributed by atoms with E-state index in [0.29, 0.717) is 12.1 Å². The summed E-state index contributed by atoms with van der Waals surface area (Å²) < 4.78 is 38.5. The van der Waals surface area contributed by atoms with Gasteiger partial charge in [0.1, 0.15) is 0 Å². The van der Waals surface area contributed by atoms with Crippen molar-refractivity contribution < 1.29 is 23.1 Å². The Balaban J connectivity index is 2.21. The molecule has 0 spiro atoms. The summed E-state index contributed by atoms with van der Waals surface area (Å²) in [6.07, 6.45) is 0. The van der Waals surface area contributed by atoms with Crippen molar-refractivity contribution in [2.45, 2.75) is 12.5 Å². The lowest BCUT2D eigenvalue weighted by Gasteiger charge is -2.44. The highest BCUT2D eigenvalue weighted by molar-refractivity contribution is 5.95. The van der Waals surface area contributed by atoms with E-state index in [1.807, 2.05) is 0 Å². The number of hydrogen-bond acceptors (Lipinski definition) is 2. The lowest BCUT2D eigenvalue weighted by molar-refractivity contribution is -0.0669. The van der Waals surface area contributed by atoms with Crippen molar-refractivity contribution in [3.8, 4) is 0 Å². The molecule has 0 unspecified atom stereocenters. The van der Waals surface area contributed by atoms with E-state index in [0.717, 1.165) is 0 Å². The van der Waals surface area contributed by atoms with Gasteiger partial charge in [-0.3, -0.25) is 4.79 Å². The van der Waals surface area contributed by atoms with Gasteiger partial charge in [-0.1, -0.05) is 0 Å². The Bertz CT molecular complexity index is 457. The van der Waals surface area contributed by atoms with Crippen LogP contribution < -0.4 is 0 Å². The highest BCUT2D eigenvalue weighted by atomic mass is 19.2. The van der Waals surface area contributed by atoms with Crippen molar-refractivity contribution >= 4 is 5.91 Å². The Hall–Kier alpha value is -1.56. The van der Waals surface area contributed by atoms with Gasteiger partial charge in [-0.25, -0.2) is 13.2 Å². The Morgan fingerprint density at radius 2 is 1.76 bits per heavy atom. The van der Waals surface area contributed by atoms with E-state index in [-0.39, 0.29) is 18.7 Å². The van der Waals surface area contributed by atoms with Crippen LogP contribution in [0.5, 0.6) is 0 Å². The van der Waals surface area contributed by atoms with Crippen LogP contribution in [-0.2, 0) is 0 Å². The molecule has 1 aliphatic rings. The third kappa shape index (κ3) is 2.12. The molecule has 1 aromatic rings. The second-order valence-electron chi connectivity index (χ2n) is 4.41. The molecule has 1 amide bonds. The molecule has 1 aliphatic heterocycles. The average molecular weight is 245 g/mol. The summed E-state index contributed by atoms with van der Waals surface area (Å²) in [6.45, 7) is 1.72. The minimum atomic E-state index is -1.60. The van der Waals surface area contributed by atoms with Gasteiger partial charge in [0.15, 0.2) is 17.5 Å². The maximum Gasteiger partial charge on any atom is 0.254 e. The number of β-amino-alcohol motifs (C(OH)–C–C–N with tert-alkyl or cyclic N) is 1. The molecular formula is C11H10F3NO2. The predicted octanol–water partition coefficient (Wildman–Crippen LogP) is 1.31. The van der Waals surface area contributed by atoms with E-state index in [1.54, 1.807) is 6.92 Å². The molecule has 17 heavy (non-hydrogen) atoms. The van der Waals surface area contributed by atoms with E-state index in [2.05, 4.69) is 0 Å². The molecule has 0 saturated carbocycles. The molecule has 0 aliphatic carbocycles. The van der Waals surface area contributed by atoms with Gasteiger partial charge in [0.05, 0.1) is 18.7 Å². The van der Waals surface area contributed by atoms with Crippen molar-refractivity contribution in [3.05, 3.63) is 35.1 Å². The number of rotatable bonds is 1. The van der Waals surface area contributed by atoms with E-state index in [4.69, 9.17) is 0 Å². The van der Waals surface area contributed by atoms with Crippen LogP contribution in [0, 0.1) is 17.5 Å². The van der Waals surface area contributed by atoms with E-state index in [9.17, 15) is 23.1 Å². The number of halogens is 3. The number of carbonyl (C=O) groups is 1. The van der Waals surface area contributed by atoms with Gasteiger partial charge < -0.3 is 10.0 Å². The van der Waals surface area contributed by atoms with Crippen LogP contribution >= 0.6 is 0 Å². The van der Waals surface area contributed by atoms with Crippen LogP contribution in [-0.4, -0.2) is 34.6 Å². The zero-order chi connectivity index (χ0) is 12.8. The van der Waals surface area contributed by atoms with Crippen molar-refractivity contribution in [2.75, 3.05) is 13.1 Å². The summed E-state index contributed by atoms with van der Waals surface area (Å²) in [5, 5.41) is 9.43. The zero-order valence-electron chi connectivity index (χ0n) is 9.01. The molecular weight excluding hydrogens is 235 g/mol. The van der Waals surface area contributed by atoms with E-state index in [1.165, 1.54) is 4.90 Å². The van der Waals surface area contributed by atoms with Gasteiger partial charge in [0.2, 0.25) is 0 Å². The van der Waals surface area contributed by atoms with Gasteiger partial charge in [-0.2, -0.15) is 0 Å². The summed E-state index contributed by atoms with van der Waals surface area (Å²) in [7, 11) is 0. The molecule has 2 rings (SSSR count). The van der Waals surface area contributed by atoms with Gasteiger partial charge >= 0.3 is 0 Å². The average Bonchev–Trinajstić information content (AvgIpc) is 2.20. The van der Waals surface area contributed by atoms with Crippen molar-refractivity contribution in [1.29, 1.82) is 0 Å². The highest BCUT2D eigenvalue weighted by Gasteiger charge is 2.39. The SMILES string of the molecule is CC1(O)CN(C(=O)c2cc(F)c(F)c(F)c2)C1. The van der Waals surface area contributed by atoms with Crippen LogP contribution in [0.2, 0.25) is 0 Å². The van der Waals surface area contributed by atoms with Gasteiger partial charge in [-0.05, 0) is 19.1 Å². The van der Waals surface area contributed by atoms with Gasteiger partial charge in [0.25, 0.3) is 5.91 Å². The molecule has 1 heterocycles. The number of carbonyl (C=O) groups excluding carboxylic acids is 1. The first-order valence-corrected chi connectivity index (χ1v) is 4.96. The van der Waals surface area contributed by atoms with Crippen LogP contribution in [0.15, 0.2) is 12.1 Å². The third-order valence-electron chi connectivity index (χ3n) is 2.58. The van der Waals surface area contributed by atoms with Crippen molar-refractivity contribution in [2.24, 2.45) is 0 Å². The second kappa shape index (κ2) is 3.73. The molecule has 0 aromatic heterocycles. The van der Waals surface area contributed by atoms with Crippen LogP contribution in [0.1, 0.15) is 17.3 Å². The maximum absolute atomic E-state index is 12.9. The number of amides is 1. The summed E-state index contributed by atoms with van der Waals surface area (Å²) in [4.78, 5) is 12.9. The summed E-state index contributed by atoms with van der Waals surface area (Å²) >= 11 is 0. The van der Waals surface area contributed by atoms with Gasteiger partial charge in [-0.15, -0.1) is 0 Å². The van der Waals surface area contributed by atoms with Crippen LogP contribution in [0.25, 0.3) is 0 Å². The second-order valence-corrected chi connectivity index (χ2v) is 4.41. The number of hydrogen-bond donors (Lipinski definition) is 1. The molecule has 1 N–H and O–H groups in total. The normalized spacial score (nSPS) is 17.8. The summed E-state index contributed by atoms with van der Waals surface area (Å²) in [6, 6.07) is 1.29. The van der Waals surface area contributed by atoms with Crippen LogP contribution in [0.4, 0.5) is 13.2 Å². The third-order valence-corrected chi connectivity index (χ3v) is 2.58. The molecule has 1 fully saturated rings. The quantitative estimate of drug-likeness (QED) is 0.758. The van der Waals surface area contributed by atoms with Crippen LogP contribution in [0.3, 0.4) is 0 Å². The largest absolute Gasteiger partial charge is 0.386 e. The minimum absolute atomic E-state index is 0.0897.